The first-order valence-corrected chi connectivity index (χ1v) is 8.97. The molecule has 2 heterocycles. The molecule has 1 aromatic carbocycles. The second-order valence-corrected chi connectivity index (χ2v) is 6.30. The third-order valence-electron chi connectivity index (χ3n) is 3.67. The smallest absolute Gasteiger partial charge is 0.192 e. The zero-order chi connectivity index (χ0) is 18.4. The van der Waals surface area contributed by atoms with Crippen LogP contribution in [0.15, 0.2) is 66.5 Å². The molecule has 0 saturated heterocycles. The van der Waals surface area contributed by atoms with Crippen LogP contribution in [0.25, 0.3) is 11.5 Å². The van der Waals surface area contributed by atoms with Crippen molar-refractivity contribution in [1.82, 2.24) is 19.7 Å². The van der Waals surface area contributed by atoms with Crippen molar-refractivity contribution in [1.29, 1.82) is 0 Å². The van der Waals surface area contributed by atoms with Crippen molar-refractivity contribution in [3.8, 4) is 17.3 Å². The summed E-state index contributed by atoms with van der Waals surface area (Å²) in [5.74, 6) is 1.67. The quantitative estimate of drug-likeness (QED) is 0.345. The van der Waals surface area contributed by atoms with Gasteiger partial charge in [-0.2, -0.15) is 0 Å². The topological polar surface area (TPSA) is 69.9 Å². The lowest BCUT2D eigenvalue weighted by molar-refractivity contribution is 0.102. The minimum absolute atomic E-state index is 0.0187. The van der Waals surface area contributed by atoms with Gasteiger partial charge in [0.25, 0.3) is 0 Å². The molecule has 3 aromatic rings. The van der Waals surface area contributed by atoms with Gasteiger partial charge in [0.15, 0.2) is 16.8 Å². The summed E-state index contributed by atoms with van der Waals surface area (Å²) >= 11 is 1.35. The van der Waals surface area contributed by atoms with Crippen LogP contribution in [-0.4, -0.2) is 38.4 Å². The average Bonchev–Trinajstić information content (AvgIpc) is 3.10. The number of ketones is 1. The predicted octanol–water partition coefficient (Wildman–Crippen LogP) is 3.51. The number of benzene rings is 1. The number of carbonyl (C=O) groups excluding carboxylic acids is 1. The maximum atomic E-state index is 12.4. The number of Topliss-reactive ketones (excluding diaryl/α,β-unsaturated/α-hetero) is 1. The summed E-state index contributed by atoms with van der Waals surface area (Å²) in [5, 5.41) is 9.11. The number of carbonyl (C=O) groups is 1. The zero-order valence-corrected chi connectivity index (χ0v) is 15.1. The highest BCUT2D eigenvalue weighted by molar-refractivity contribution is 7.99. The summed E-state index contributed by atoms with van der Waals surface area (Å²) < 4.78 is 7.02. The number of thioether (sulfide) groups is 1. The Balaban J connectivity index is 1.76. The highest BCUT2D eigenvalue weighted by Gasteiger charge is 2.16. The molecule has 3 rings (SSSR count). The molecule has 132 valence electrons. The van der Waals surface area contributed by atoms with E-state index < -0.39 is 0 Å². The molecule has 0 amide bonds. The van der Waals surface area contributed by atoms with E-state index in [-0.39, 0.29) is 11.5 Å². The van der Waals surface area contributed by atoms with E-state index in [1.54, 1.807) is 43.6 Å². The van der Waals surface area contributed by atoms with Crippen LogP contribution in [-0.2, 0) is 6.54 Å². The minimum atomic E-state index is 0.0187. The maximum Gasteiger partial charge on any atom is 0.192 e. The second kappa shape index (κ2) is 8.44. The van der Waals surface area contributed by atoms with Crippen LogP contribution in [0.1, 0.15) is 10.4 Å². The number of hydrogen-bond acceptors (Lipinski definition) is 6. The molecule has 0 aliphatic rings. The molecule has 0 unspecified atom stereocenters. The van der Waals surface area contributed by atoms with Crippen molar-refractivity contribution >= 4 is 17.5 Å². The van der Waals surface area contributed by atoms with Gasteiger partial charge >= 0.3 is 0 Å². The van der Waals surface area contributed by atoms with Crippen molar-refractivity contribution in [3.05, 3.63) is 66.9 Å². The molecule has 0 aliphatic heterocycles. The van der Waals surface area contributed by atoms with Crippen LogP contribution in [0.4, 0.5) is 0 Å². The lowest BCUT2D eigenvalue weighted by Gasteiger charge is -2.07. The van der Waals surface area contributed by atoms with E-state index in [4.69, 9.17) is 4.74 Å². The van der Waals surface area contributed by atoms with Crippen molar-refractivity contribution in [3.63, 3.8) is 0 Å². The molecule has 0 N–H and O–H groups in total. The van der Waals surface area contributed by atoms with E-state index in [2.05, 4.69) is 21.8 Å². The molecule has 0 radical (unpaired) electrons. The highest BCUT2D eigenvalue weighted by atomic mass is 32.2. The fourth-order valence-corrected chi connectivity index (χ4v) is 3.21. The number of allylic oxidation sites excluding steroid dienone is 1. The fraction of sp³-hybridized carbons (Fsp3) is 0.158. The fourth-order valence-electron chi connectivity index (χ4n) is 2.36. The van der Waals surface area contributed by atoms with Gasteiger partial charge in [0.05, 0.1) is 12.9 Å². The van der Waals surface area contributed by atoms with E-state index >= 15 is 0 Å². The van der Waals surface area contributed by atoms with Crippen LogP contribution in [0.3, 0.4) is 0 Å². The predicted molar refractivity (Wildman–Crippen MR) is 101 cm³/mol. The van der Waals surface area contributed by atoms with Gasteiger partial charge in [-0.3, -0.25) is 14.3 Å². The SMILES string of the molecule is C=CCn1c(SCC(=O)c2ccc(OC)cc2)nnc1-c1ccccn1. The molecule has 0 fully saturated rings. The Hall–Kier alpha value is -2.93. The van der Waals surface area contributed by atoms with Crippen LogP contribution >= 0.6 is 11.8 Å². The van der Waals surface area contributed by atoms with Gasteiger partial charge in [0, 0.05) is 18.3 Å². The van der Waals surface area contributed by atoms with Crippen LogP contribution < -0.4 is 4.74 Å². The summed E-state index contributed by atoms with van der Waals surface area (Å²) in [5.41, 5.74) is 1.37. The van der Waals surface area contributed by atoms with Gasteiger partial charge in [0.1, 0.15) is 11.4 Å². The number of aromatic nitrogens is 4. The third kappa shape index (κ3) is 4.00. The Morgan fingerprint density at radius 3 is 2.69 bits per heavy atom. The van der Waals surface area contributed by atoms with Gasteiger partial charge < -0.3 is 4.74 Å². The van der Waals surface area contributed by atoms with Gasteiger partial charge in [0.2, 0.25) is 0 Å². The summed E-state index contributed by atoms with van der Waals surface area (Å²) in [6, 6.07) is 12.7. The Kier molecular flexibility index (Phi) is 5.80. The molecule has 6 nitrogen and oxygen atoms in total. The molecule has 0 atom stereocenters. The summed E-state index contributed by atoms with van der Waals surface area (Å²) in [7, 11) is 1.60. The van der Waals surface area contributed by atoms with Crippen molar-refractivity contribution < 1.29 is 9.53 Å². The molecule has 0 saturated carbocycles. The lowest BCUT2D eigenvalue weighted by atomic mass is 10.1. The van der Waals surface area contributed by atoms with Crippen molar-refractivity contribution in [2.45, 2.75) is 11.7 Å². The Morgan fingerprint density at radius 2 is 2.04 bits per heavy atom. The maximum absolute atomic E-state index is 12.4. The van der Waals surface area contributed by atoms with E-state index in [0.29, 0.717) is 23.1 Å². The van der Waals surface area contributed by atoms with Gasteiger partial charge in [-0.05, 0) is 36.4 Å². The Labute approximate surface area is 155 Å². The van der Waals surface area contributed by atoms with Gasteiger partial charge in [-0.1, -0.05) is 23.9 Å². The normalized spacial score (nSPS) is 10.5. The molecular formula is C19H18N4O2S. The monoisotopic (exact) mass is 366 g/mol. The van der Waals surface area contributed by atoms with Gasteiger partial charge in [-0.25, -0.2) is 0 Å². The first-order chi connectivity index (χ1) is 12.7. The number of hydrogen-bond donors (Lipinski definition) is 0. The number of methoxy groups -OCH3 is 1. The Morgan fingerprint density at radius 1 is 1.23 bits per heavy atom. The number of nitrogens with zero attached hydrogens (tertiary/aromatic N) is 4. The average molecular weight is 366 g/mol. The molecule has 0 bridgehead atoms. The highest BCUT2D eigenvalue weighted by Crippen LogP contribution is 2.24. The second-order valence-electron chi connectivity index (χ2n) is 5.36. The van der Waals surface area contributed by atoms with Crippen LogP contribution in [0.2, 0.25) is 0 Å². The zero-order valence-electron chi connectivity index (χ0n) is 14.3. The standard InChI is InChI=1S/C19H18N4O2S/c1-3-12-23-18(16-6-4-5-11-20-16)21-22-19(23)26-13-17(24)14-7-9-15(25-2)10-8-14/h3-11H,1,12-13H2,2H3. The lowest BCUT2D eigenvalue weighted by Crippen LogP contribution is -2.05. The molecule has 0 spiro atoms. The first-order valence-electron chi connectivity index (χ1n) is 7.98. The molecule has 26 heavy (non-hydrogen) atoms. The first kappa shape index (κ1) is 17.9. The summed E-state index contributed by atoms with van der Waals surface area (Å²) in [4.78, 5) is 16.7. The molecular weight excluding hydrogens is 348 g/mol. The van der Waals surface area contributed by atoms with E-state index in [0.717, 1.165) is 11.4 Å². The van der Waals surface area contributed by atoms with Crippen LogP contribution in [0.5, 0.6) is 5.75 Å². The number of ether oxygens (including phenoxy) is 1. The third-order valence-corrected chi connectivity index (χ3v) is 4.63. The van der Waals surface area contributed by atoms with Gasteiger partial charge in [-0.15, -0.1) is 16.8 Å². The van der Waals surface area contributed by atoms with Crippen molar-refractivity contribution in [2.75, 3.05) is 12.9 Å². The number of rotatable bonds is 8. The van der Waals surface area contributed by atoms with E-state index in [1.165, 1.54) is 11.8 Å². The summed E-state index contributed by atoms with van der Waals surface area (Å²) in [6.07, 6.45) is 3.48. The van der Waals surface area contributed by atoms with E-state index in [1.807, 2.05) is 22.8 Å². The summed E-state index contributed by atoms with van der Waals surface area (Å²) in [6.45, 7) is 4.33. The van der Waals surface area contributed by atoms with Crippen LogP contribution in [0, 0.1) is 0 Å². The molecule has 2 aromatic heterocycles. The van der Waals surface area contributed by atoms with Crippen molar-refractivity contribution in [2.24, 2.45) is 0 Å². The van der Waals surface area contributed by atoms with E-state index in [9.17, 15) is 4.79 Å². The largest absolute Gasteiger partial charge is 0.497 e. The molecule has 7 heteroatoms. The number of pyridine rings is 1. The minimum Gasteiger partial charge on any atom is -0.497 e. The Bertz CT molecular complexity index is 892. The molecule has 0 aliphatic carbocycles.